The Morgan fingerprint density at radius 1 is 1.39 bits per heavy atom. The van der Waals surface area contributed by atoms with Crippen molar-refractivity contribution in [1.29, 1.82) is 0 Å². The van der Waals surface area contributed by atoms with Gasteiger partial charge in [0.15, 0.2) is 0 Å². The minimum atomic E-state index is -0.436. The van der Waals surface area contributed by atoms with Crippen LogP contribution in [-0.2, 0) is 14.3 Å². The van der Waals surface area contributed by atoms with Gasteiger partial charge in [0, 0.05) is 20.2 Å². The zero-order chi connectivity index (χ0) is 13.1. The molecule has 2 fully saturated rings. The van der Waals surface area contributed by atoms with E-state index in [1.165, 1.54) is 0 Å². The molecule has 2 aliphatic heterocycles. The number of likely N-dealkylation sites (tertiary alicyclic amines) is 1. The van der Waals surface area contributed by atoms with Gasteiger partial charge in [-0.25, -0.2) is 0 Å². The number of carbonyl (C=O) groups is 2. The minimum Gasteiger partial charge on any atom is -0.380 e. The van der Waals surface area contributed by atoms with Gasteiger partial charge in [-0.2, -0.15) is 0 Å². The third-order valence-corrected chi connectivity index (χ3v) is 3.84. The van der Waals surface area contributed by atoms with Crippen LogP contribution in [0.4, 0.5) is 0 Å². The SMILES string of the molecule is COC1CNC(C(=O)N2CCCCC2C(N)=O)C1. The lowest BCUT2D eigenvalue weighted by Crippen LogP contribution is -2.54. The van der Waals surface area contributed by atoms with Crippen molar-refractivity contribution in [1.82, 2.24) is 10.2 Å². The molecule has 2 aliphatic rings. The Balaban J connectivity index is 2.00. The number of primary amides is 1. The van der Waals surface area contributed by atoms with Crippen LogP contribution in [0.2, 0.25) is 0 Å². The van der Waals surface area contributed by atoms with E-state index in [0.717, 1.165) is 12.8 Å². The molecule has 2 rings (SSSR count). The van der Waals surface area contributed by atoms with Crippen LogP contribution >= 0.6 is 0 Å². The van der Waals surface area contributed by atoms with Gasteiger partial charge in [-0.15, -0.1) is 0 Å². The Morgan fingerprint density at radius 2 is 2.17 bits per heavy atom. The van der Waals surface area contributed by atoms with Crippen molar-refractivity contribution >= 4 is 11.8 Å². The predicted molar refractivity (Wildman–Crippen MR) is 65.8 cm³/mol. The average Bonchev–Trinajstić information content (AvgIpc) is 2.86. The second-order valence-electron chi connectivity index (χ2n) is 5.00. The normalized spacial score (nSPS) is 32.5. The third kappa shape index (κ3) is 2.64. The number of nitrogens with two attached hydrogens (primary N) is 1. The lowest BCUT2D eigenvalue weighted by molar-refractivity contribution is -0.142. The highest BCUT2D eigenvalue weighted by molar-refractivity contribution is 5.89. The highest BCUT2D eigenvalue weighted by atomic mass is 16.5. The van der Waals surface area contributed by atoms with Crippen LogP contribution in [0.15, 0.2) is 0 Å². The molecule has 3 unspecified atom stereocenters. The van der Waals surface area contributed by atoms with E-state index >= 15 is 0 Å². The summed E-state index contributed by atoms with van der Waals surface area (Å²) < 4.78 is 5.23. The number of ether oxygens (including phenoxy) is 1. The van der Waals surface area contributed by atoms with Gasteiger partial charge in [-0.3, -0.25) is 9.59 Å². The maximum absolute atomic E-state index is 12.4. The van der Waals surface area contributed by atoms with Gasteiger partial charge < -0.3 is 20.7 Å². The third-order valence-electron chi connectivity index (χ3n) is 3.84. The van der Waals surface area contributed by atoms with Crippen molar-refractivity contribution in [2.75, 3.05) is 20.2 Å². The smallest absolute Gasteiger partial charge is 0.240 e. The summed E-state index contributed by atoms with van der Waals surface area (Å²) in [4.78, 5) is 25.4. The van der Waals surface area contributed by atoms with E-state index in [-0.39, 0.29) is 18.1 Å². The number of amides is 2. The quantitative estimate of drug-likeness (QED) is 0.693. The molecule has 6 heteroatoms. The number of nitrogens with zero attached hydrogens (tertiary/aromatic N) is 1. The molecule has 0 radical (unpaired) electrons. The van der Waals surface area contributed by atoms with Gasteiger partial charge in [0.05, 0.1) is 12.1 Å². The minimum absolute atomic E-state index is 0.0157. The van der Waals surface area contributed by atoms with E-state index in [9.17, 15) is 9.59 Å². The fourth-order valence-electron chi connectivity index (χ4n) is 2.76. The molecule has 102 valence electrons. The van der Waals surface area contributed by atoms with Gasteiger partial charge in [-0.05, 0) is 25.7 Å². The molecule has 0 bridgehead atoms. The van der Waals surface area contributed by atoms with Crippen LogP contribution in [0.5, 0.6) is 0 Å². The Morgan fingerprint density at radius 3 is 2.78 bits per heavy atom. The summed E-state index contributed by atoms with van der Waals surface area (Å²) in [5.41, 5.74) is 5.37. The molecule has 2 amide bonds. The van der Waals surface area contributed by atoms with Gasteiger partial charge in [0.2, 0.25) is 11.8 Å². The first-order valence-corrected chi connectivity index (χ1v) is 6.49. The molecule has 0 spiro atoms. The van der Waals surface area contributed by atoms with Crippen molar-refractivity contribution in [3.8, 4) is 0 Å². The van der Waals surface area contributed by atoms with E-state index in [4.69, 9.17) is 10.5 Å². The summed E-state index contributed by atoms with van der Waals surface area (Å²) in [5, 5.41) is 3.15. The maximum atomic E-state index is 12.4. The average molecular weight is 255 g/mol. The standard InChI is InChI=1S/C12H21N3O3/c1-18-8-6-9(14-7-8)12(17)15-5-3-2-4-10(15)11(13)16/h8-10,14H,2-7H2,1H3,(H2,13,16). The van der Waals surface area contributed by atoms with Gasteiger partial charge in [0.25, 0.3) is 0 Å². The molecule has 2 saturated heterocycles. The van der Waals surface area contributed by atoms with Crippen LogP contribution in [0.1, 0.15) is 25.7 Å². The summed E-state index contributed by atoms with van der Waals surface area (Å²) in [6.07, 6.45) is 3.32. The second-order valence-corrected chi connectivity index (χ2v) is 5.00. The van der Waals surface area contributed by atoms with E-state index in [1.807, 2.05) is 0 Å². The lowest BCUT2D eigenvalue weighted by atomic mass is 10.00. The van der Waals surface area contributed by atoms with Crippen molar-refractivity contribution in [2.24, 2.45) is 5.73 Å². The van der Waals surface area contributed by atoms with Crippen LogP contribution in [0.3, 0.4) is 0 Å². The van der Waals surface area contributed by atoms with Gasteiger partial charge in [0.1, 0.15) is 6.04 Å². The van der Waals surface area contributed by atoms with Crippen LogP contribution in [-0.4, -0.2) is 55.1 Å². The fourth-order valence-corrected chi connectivity index (χ4v) is 2.76. The number of nitrogens with one attached hydrogen (secondary N) is 1. The molecule has 0 aromatic carbocycles. The molecule has 0 aromatic heterocycles. The van der Waals surface area contributed by atoms with Crippen molar-refractivity contribution < 1.29 is 14.3 Å². The van der Waals surface area contributed by atoms with E-state index < -0.39 is 11.9 Å². The van der Waals surface area contributed by atoms with Gasteiger partial charge >= 0.3 is 0 Å². The van der Waals surface area contributed by atoms with E-state index in [2.05, 4.69) is 5.32 Å². The van der Waals surface area contributed by atoms with Crippen LogP contribution < -0.4 is 11.1 Å². The molecule has 2 heterocycles. The highest BCUT2D eigenvalue weighted by Crippen LogP contribution is 2.20. The van der Waals surface area contributed by atoms with Crippen LogP contribution in [0, 0.1) is 0 Å². The summed E-state index contributed by atoms with van der Waals surface area (Å²) in [5.74, 6) is -0.414. The molecule has 3 atom stereocenters. The second kappa shape index (κ2) is 5.67. The molecular weight excluding hydrogens is 234 g/mol. The first-order valence-electron chi connectivity index (χ1n) is 6.49. The highest BCUT2D eigenvalue weighted by Gasteiger charge is 2.37. The van der Waals surface area contributed by atoms with E-state index in [1.54, 1.807) is 12.0 Å². The lowest BCUT2D eigenvalue weighted by Gasteiger charge is -2.35. The predicted octanol–water partition coefficient (Wildman–Crippen LogP) is -0.770. The Hall–Kier alpha value is -1.14. The first-order chi connectivity index (χ1) is 8.63. The first kappa shape index (κ1) is 13.3. The van der Waals surface area contributed by atoms with Crippen LogP contribution in [0.25, 0.3) is 0 Å². The number of carbonyl (C=O) groups excluding carboxylic acids is 2. The topological polar surface area (TPSA) is 84.7 Å². The Kier molecular flexibility index (Phi) is 4.19. The van der Waals surface area contributed by atoms with Crippen molar-refractivity contribution in [3.63, 3.8) is 0 Å². The number of piperidine rings is 1. The van der Waals surface area contributed by atoms with Crippen molar-refractivity contribution in [2.45, 2.75) is 43.9 Å². The maximum Gasteiger partial charge on any atom is 0.240 e. The number of hydrogen-bond donors (Lipinski definition) is 2. The Labute approximate surface area is 107 Å². The molecule has 6 nitrogen and oxygen atoms in total. The van der Waals surface area contributed by atoms with Gasteiger partial charge in [-0.1, -0.05) is 0 Å². The number of hydrogen-bond acceptors (Lipinski definition) is 4. The summed E-state index contributed by atoms with van der Waals surface area (Å²) >= 11 is 0. The Bertz CT molecular complexity index is 335. The molecule has 3 N–H and O–H groups in total. The molecular formula is C12H21N3O3. The summed E-state index contributed by atoms with van der Waals surface area (Å²) in [7, 11) is 1.65. The van der Waals surface area contributed by atoms with E-state index in [0.29, 0.717) is 25.9 Å². The largest absolute Gasteiger partial charge is 0.380 e. The zero-order valence-electron chi connectivity index (χ0n) is 10.7. The monoisotopic (exact) mass is 255 g/mol. The summed E-state index contributed by atoms with van der Waals surface area (Å²) in [6.45, 7) is 1.31. The summed E-state index contributed by atoms with van der Waals surface area (Å²) in [6, 6.07) is -0.676. The number of methoxy groups -OCH3 is 1. The fraction of sp³-hybridized carbons (Fsp3) is 0.833. The van der Waals surface area contributed by atoms with Crippen molar-refractivity contribution in [3.05, 3.63) is 0 Å². The zero-order valence-corrected chi connectivity index (χ0v) is 10.7. The molecule has 0 aromatic rings. The molecule has 0 saturated carbocycles. The molecule has 0 aliphatic carbocycles. The number of rotatable bonds is 3. The molecule has 18 heavy (non-hydrogen) atoms.